The van der Waals surface area contributed by atoms with E-state index in [1.165, 1.54) is 18.3 Å². The van der Waals surface area contributed by atoms with E-state index in [2.05, 4.69) is 0 Å². The van der Waals surface area contributed by atoms with Crippen molar-refractivity contribution in [1.82, 2.24) is 4.57 Å². The molecule has 1 heterocycles. The van der Waals surface area contributed by atoms with Crippen LogP contribution in [-0.2, 0) is 4.79 Å². The van der Waals surface area contributed by atoms with Gasteiger partial charge in [-0.2, -0.15) is 0 Å². The molecule has 27 heavy (non-hydrogen) atoms. The van der Waals surface area contributed by atoms with E-state index in [0.717, 1.165) is 33.9 Å². The molecule has 0 atom stereocenters. The van der Waals surface area contributed by atoms with Gasteiger partial charge in [0.25, 0.3) is 0 Å². The molecule has 2 aromatic carbocycles. The van der Waals surface area contributed by atoms with Gasteiger partial charge in [-0.3, -0.25) is 0 Å². The van der Waals surface area contributed by atoms with Crippen LogP contribution in [0.15, 0.2) is 42.5 Å². The molecule has 0 saturated carbocycles. The number of aromatic nitrogens is 1. The van der Waals surface area contributed by atoms with Crippen molar-refractivity contribution in [3.8, 4) is 5.69 Å². The van der Waals surface area contributed by atoms with Crippen molar-refractivity contribution >= 4 is 34.9 Å². The highest BCUT2D eigenvalue weighted by molar-refractivity contribution is 6.01. The lowest BCUT2D eigenvalue weighted by Crippen LogP contribution is -2.03. The van der Waals surface area contributed by atoms with Gasteiger partial charge in [-0.15, -0.1) is 0 Å². The third kappa shape index (κ3) is 3.33. The van der Waals surface area contributed by atoms with Gasteiger partial charge in [-0.25, -0.2) is 9.18 Å². The Kier molecular flexibility index (Phi) is 4.81. The number of carbonyl (C=O) groups is 1. The first-order valence-corrected chi connectivity index (χ1v) is 8.48. The molecular formula is C21H20FN3O2. The van der Waals surface area contributed by atoms with Crippen LogP contribution in [0.4, 0.5) is 10.1 Å². The number of carboxylic acid groups (broad SMARTS) is 1. The summed E-state index contributed by atoms with van der Waals surface area (Å²) in [5.74, 6) is -1.33. The predicted molar refractivity (Wildman–Crippen MR) is 106 cm³/mol. The van der Waals surface area contributed by atoms with Gasteiger partial charge in [0, 0.05) is 45.9 Å². The van der Waals surface area contributed by atoms with Gasteiger partial charge in [0.1, 0.15) is 5.82 Å². The highest BCUT2D eigenvalue weighted by Gasteiger charge is 2.20. The molecular weight excluding hydrogens is 345 g/mol. The zero-order valence-corrected chi connectivity index (χ0v) is 15.0. The Labute approximate surface area is 156 Å². The molecule has 0 aliphatic rings. The molecule has 0 amide bonds. The molecule has 3 aromatic rings. The minimum atomic E-state index is -1.04. The molecule has 5 nitrogen and oxygen atoms in total. The number of anilines is 1. The summed E-state index contributed by atoms with van der Waals surface area (Å²) in [7, 11) is 0. The minimum Gasteiger partial charge on any atom is -0.478 e. The molecule has 1 aromatic heterocycles. The maximum absolute atomic E-state index is 13.4. The number of nitrogens with two attached hydrogens (primary N) is 1. The normalized spacial score (nSPS) is 11.6. The largest absolute Gasteiger partial charge is 0.478 e. The number of hydrogen-bond acceptors (Lipinski definition) is 3. The lowest BCUT2D eigenvalue weighted by molar-refractivity contribution is -0.131. The Hall–Kier alpha value is -3.41. The third-order valence-corrected chi connectivity index (χ3v) is 4.43. The van der Waals surface area contributed by atoms with Gasteiger partial charge < -0.3 is 20.8 Å². The van der Waals surface area contributed by atoms with Gasteiger partial charge in [-0.05, 0) is 48.4 Å². The topological polar surface area (TPSA) is 92.1 Å². The Morgan fingerprint density at radius 1 is 1.26 bits per heavy atom. The molecule has 0 aliphatic carbocycles. The number of rotatable bonds is 5. The fourth-order valence-electron chi connectivity index (χ4n) is 3.30. The van der Waals surface area contributed by atoms with E-state index in [9.17, 15) is 9.18 Å². The van der Waals surface area contributed by atoms with Crippen molar-refractivity contribution in [2.24, 2.45) is 0 Å². The van der Waals surface area contributed by atoms with Gasteiger partial charge in [0.2, 0.25) is 0 Å². The van der Waals surface area contributed by atoms with Gasteiger partial charge in [0.15, 0.2) is 0 Å². The fraction of sp³-hybridized carbons (Fsp3) is 0.143. The molecule has 0 unspecified atom stereocenters. The molecule has 138 valence electrons. The smallest absolute Gasteiger partial charge is 0.328 e. The number of nitrogen functional groups attached to an aromatic ring is 1. The van der Waals surface area contributed by atoms with Crippen LogP contribution in [0.25, 0.3) is 22.7 Å². The zero-order valence-electron chi connectivity index (χ0n) is 15.0. The van der Waals surface area contributed by atoms with E-state index in [1.54, 1.807) is 30.3 Å². The van der Waals surface area contributed by atoms with Crippen LogP contribution in [0.3, 0.4) is 0 Å². The number of nitrogens with one attached hydrogen (secondary N) is 1. The molecule has 4 N–H and O–H groups in total. The average Bonchev–Trinajstić information content (AvgIpc) is 2.93. The van der Waals surface area contributed by atoms with Crippen molar-refractivity contribution in [1.29, 1.82) is 5.41 Å². The van der Waals surface area contributed by atoms with E-state index in [0.29, 0.717) is 11.3 Å². The maximum atomic E-state index is 13.4. The summed E-state index contributed by atoms with van der Waals surface area (Å²) in [6.07, 6.45) is 3.83. The summed E-state index contributed by atoms with van der Waals surface area (Å²) in [5, 5.41) is 17.4. The van der Waals surface area contributed by atoms with Crippen LogP contribution >= 0.6 is 0 Å². The highest BCUT2D eigenvalue weighted by atomic mass is 19.1. The van der Waals surface area contributed by atoms with Crippen molar-refractivity contribution in [2.45, 2.75) is 19.8 Å². The molecule has 0 aliphatic heterocycles. The molecule has 0 bridgehead atoms. The Morgan fingerprint density at radius 3 is 2.48 bits per heavy atom. The Morgan fingerprint density at radius 2 is 1.93 bits per heavy atom. The van der Waals surface area contributed by atoms with Crippen molar-refractivity contribution in [2.75, 3.05) is 5.73 Å². The first-order chi connectivity index (χ1) is 12.8. The first-order valence-electron chi connectivity index (χ1n) is 8.48. The molecule has 3 rings (SSSR count). The van der Waals surface area contributed by atoms with E-state index in [4.69, 9.17) is 16.2 Å². The van der Waals surface area contributed by atoms with Gasteiger partial charge in [-0.1, -0.05) is 13.8 Å². The second-order valence-electron chi connectivity index (χ2n) is 6.58. The first kappa shape index (κ1) is 18.4. The monoisotopic (exact) mass is 365 g/mol. The summed E-state index contributed by atoms with van der Waals surface area (Å²) >= 11 is 0. The Bertz CT molecular complexity index is 1060. The molecule has 0 spiro atoms. The van der Waals surface area contributed by atoms with Gasteiger partial charge in [0.05, 0.1) is 5.52 Å². The van der Waals surface area contributed by atoms with E-state index in [1.807, 2.05) is 18.4 Å². The van der Waals surface area contributed by atoms with Crippen LogP contribution in [0, 0.1) is 11.2 Å². The third-order valence-electron chi connectivity index (χ3n) is 4.43. The van der Waals surface area contributed by atoms with Crippen LogP contribution in [0.2, 0.25) is 0 Å². The summed E-state index contributed by atoms with van der Waals surface area (Å²) < 4.78 is 15.4. The van der Waals surface area contributed by atoms with E-state index >= 15 is 0 Å². The number of benzene rings is 2. The zero-order chi connectivity index (χ0) is 19.7. The standard InChI is InChI=1S/C21H20FN3O2/c1-12(2)21-16(7-8-20(26)27)17-10-18(24)13(11-23)9-19(17)25(21)15-5-3-14(22)4-6-15/h3-12,23H,24H2,1-2H3,(H,26,27)/b8-7+,23-11?. The number of halogens is 1. The van der Waals surface area contributed by atoms with Crippen LogP contribution < -0.4 is 5.73 Å². The second-order valence-corrected chi connectivity index (χ2v) is 6.58. The number of carboxylic acids is 1. The number of aliphatic carboxylic acids is 1. The van der Waals surface area contributed by atoms with Crippen LogP contribution in [0.5, 0.6) is 0 Å². The van der Waals surface area contributed by atoms with E-state index < -0.39 is 5.97 Å². The SMILES string of the molecule is CC(C)c1c(/C=C/C(=O)O)c2cc(N)c(C=N)cc2n1-c1ccc(F)cc1. The molecule has 0 saturated heterocycles. The second kappa shape index (κ2) is 7.07. The summed E-state index contributed by atoms with van der Waals surface area (Å²) in [5.41, 5.74) is 10.2. The Balaban J connectivity index is 2.47. The summed E-state index contributed by atoms with van der Waals surface area (Å²) in [6.45, 7) is 4.01. The minimum absolute atomic E-state index is 0.0561. The lowest BCUT2D eigenvalue weighted by atomic mass is 10.0. The van der Waals surface area contributed by atoms with Crippen LogP contribution in [-0.4, -0.2) is 21.9 Å². The number of nitrogens with zero attached hydrogens (tertiary/aromatic N) is 1. The highest BCUT2D eigenvalue weighted by Crippen LogP contribution is 2.37. The van der Waals surface area contributed by atoms with Gasteiger partial charge >= 0.3 is 5.97 Å². The summed E-state index contributed by atoms with van der Waals surface area (Å²) in [4.78, 5) is 11.1. The number of hydrogen-bond donors (Lipinski definition) is 3. The predicted octanol–water partition coefficient (Wildman–Crippen LogP) is 4.57. The molecule has 0 fully saturated rings. The van der Waals surface area contributed by atoms with Crippen LogP contribution in [0.1, 0.15) is 36.6 Å². The molecule has 0 radical (unpaired) electrons. The van der Waals surface area contributed by atoms with Crippen molar-refractivity contribution in [3.05, 3.63) is 65.1 Å². The fourth-order valence-corrected chi connectivity index (χ4v) is 3.30. The average molecular weight is 365 g/mol. The number of fused-ring (bicyclic) bond motifs is 1. The van der Waals surface area contributed by atoms with Crippen molar-refractivity contribution < 1.29 is 14.3 Å². The molecule has 6 heteroatoms. The van der Waals surface area contributed by atoms with E-state index in [-0.39, 0.29) is 11.7 Å². The maximum Gasteiger partial charge on any atom is 0.328 e. The summed E-state index contributed by atoms with van der Waals surface area (Å²) in [6, 6.07) is 9.66. The quantitative estimate of drug-likeness (QED) is 0.351. The lowest BCUT2D eigenvalue weighted by Gasteiger charge is -2.15. The van der Waals surface area contributed by atoms with Crippen molar-refractivity contribution in [3.63, 3.8) is 0 Å².